The summed E-state index contributed by atoms with van der Waals surface area (Å²) in [5, 5.41) is 37.1. The number of hydrogen-bond acceptors (Lipinski definition) is 5. The third kappa shape index (κ3) is 6.92. The maximum absolute atomic E-state index is 11.6. The van der Waals surface area contributed by atoms with Gasteiger partial charge in [0.1, 0.15) is 5.78 Å². The number of aliphatic hydroxyl groups excluding tert-OH is 2. The Morgan fingerprint density at radius 1 is 0.870 bits per heavy atom. The Morgan fingerprint density at radius 2 is 1.52 bits per heavy atom. The van der Waals surface area contributed by atoms with E-state index in [9.17, 15) is 24.6 Å². The summed E-state index contributed by atoms with van der Waals surface area (Å²) in [6, 6.07) is 0. The van der Waals surface area contributed by atoms with Crippen molar-refractivity contribution in [3.05, 3.63) is 12.2 Å². The van der Waals surface area contributed by atoms with Crippen LogP contribution < -0.4 is 0 Å². The second-order valence-electron chi connectivity index (χ2n) is 5.97. The number of aliphatic carboxylic acids is 2. The maximum atomic E-state index is 11.6. The minimum absolute atomic E-state index is 0.0239. The van der Waals surface area contributed by atoms with Gasteiger partial charge in [0.2, 0.25) is 0 Å². The molecule has 130 valence electrons. The molecular weight excluding hydrogens is 304 g/mol. The van der Waals surface area contributed by atoms with Gasteiger partial charge in [0.05, 0.1) is 25.0 Å². The molecule has 0 aromatic rings. The number of carbonyl (C=O) groups is 3. The highest BCUT2D eigenvalue weighted by atomic mass is 16.4. The number of allylic oxidation sites excluding steroid dienone is 1. The molecule has 0 aromatic carbocycles. The predicted octanol–water partition coefficient (Wildman–Crippen LogP) is 0.979. The molecule has 23 heavy (non-hydrogen) atoms. The van der Waals surface area contributed by atoms with Crippen LogP contribution in [0.15, 0.2) is 12.2 Å². The summed E-state index contributed by atoms with van der Waals surface area (Å²) in [4.78, 5) is 32.5. The van der Waals surface area contributed by atoms with Gasteiger partial charge in [0.25, 0.3) is 0 Å². The van der Waals surface area contributed by atoms with E-state index in [0.717, 1.165) is 0 Å². The fourth-order valence-electron chi connectivity index (χ4n) is 3.04. The van der Waals surface area contributed by atoms with Gasteiger partial charge in [-0.05, 0) is 31.1 Å². The number of rotatable bonds is 10. The molecular formula is C16H24O7. The highest BCUT2D eigenvalue weighted by Crippen LogP contribution is 2.38. The quantitative estimate of drug-likeness (QED) is 0.439. The summed E-state index contributed by atoms with van der Waals surface area (Å²) in [5.41, 5.74) is 0. The topological polar surface area (TPSA) is 132 Å². The monoisotopic (exact) mass is 328 g/mol. The number of carboxylic acids is 2. The molecule has 0 radical (unpaired) electrons. The Bertz CT molecular complexity index is 457. The second-order valence-corrected chi connectivity index (χ2v) is 5.97. The van der Waals surface area contributed by atoms with E-state index in [1.807, 2.05) is 0 Å². The first-order chi connectivity index (χ1) is 10.8. The third-order valence-electron chi connectivity index (χ3n) is 4.26. The van der Waals surface area contributed by atoms with E-state index in [-0.39, 0.29) is 49.7 Å². The van der Waals surface area contributed by atoms with Crippen molar-refractivity contribution in [1.29, 1.82) is 0 Å². The molecule has 0 aromatic heterocycles. The number of carbonyl (C=O) groups excluding carboxylic acids is 1. The molecule has 0 spiro atoms. The molecule has 1 fully saturated rings. The Kier molecular flexibility index (Phi) is 7.91. The van der Waals surface area contributed by atoms with Gasteiger partial charge in [-0.15, -0.1) is 0 Å². The lowest BCUT2D eigenvalue weighted by Crippen LogP contribution is -2.22. The largest absolute Gasteiger partial charge is 0.481 e. The van der Waals surface area contributed by atoms with Crippen LogP contribution in [0.25, 0.3) is 0 Å². The Labute approximate surface area is 134 Å². The van der Waals surface area contributed by atoms with Crippen molar-refractivity contribution < 1.29 is 34.8 Å². The molecule has 7 nitrogen and oxygen atoms in total. The first kappa shape index (κ1) is 19.3. The second kappa shape index (κ2) is 9.42. The van der Waals surface area contributed by atoms with Crippen LogP contribution in [0, 0.1) is 11.8 Å². The van der Waals surface area contributed by atoms with Gasteiger partial charge in [-0.3, -0.25) is 14.4 Å². The molecule has 0 unspecified atom stereocenters. The van der Waals surface area contributed by atoms with Gasteiger partial charge < -0.3 is 20.4 Å². The fraction of sp³-hybridized carbons (Fsp3) is 0.688. The van der Waals surface area contributed by atoms with E-state index in [0.29, 0.717) is 12.8 Å². The molecule has 4 N–H and O–H groups in total. The van der Waals surface area contributed by atoms with Crippen LogP contribution in [-0.2, 0) is 14.4 Å². The van der Waals surface area contributed by atoms with Crippen LogP contribution in [0.4, 0.5) is 0 Å². The standard InChI is InChI=1S/C16H24O7/c17-10(6-8-16(22)23)5-7-12-11(13(18)9-14(12)19)3-1-2-4-15(20)21/h1-2,11-14,18-19H,3-9H2,(H,20,21)(H,22,23)/b2-1-/t11-,12+,13+,14-/m0/s1. The van der Waals surface area contributed by atoms with Gasteiger partial charge >= 0.3 is 11.9 Å². The highest BCUT2D eigenvalue weighted by molar-refractivity contribution is 5.82. The lowest BCUT2D eigenvalue weighted by molar-refractivity contribution is -0.138. The number of carboxylic acid groups (broad SMARTS) is 2. The highest BCUT2D eigenvalue weighted by Gasteiger charge is 2.40. The van der Waals surface area contributed by atoms with E-state index in [1.165, 1.54) is 6.08 Å². The molecule has 1 aliphatic carbocycles. The minimum Gasteiger partial charge on any atom is -0.481 e. The van der Waals surface area contributed by atoms with Crippen molar-refractivity contribution in [2.75, 3.05) is 0 Å². The number of Topliss-reactive ketones (excluding diaryl/α,β-unsaturated/α-hetero) is 1. The van der Waals surface area contributed by atoms with E-state index in [4.69, 9.17) is 10.2 Å². The molecule has 0 heterocycles. The van der Waals surface area contributed by atoms with Crippen molar-refractivity contribution in [2.45, 2.75) is 57.2 Å². The van der Waals surface area contributed by atoms with Gasteiger partial charge in [-0.2, -0.15) is 0 Å². The summed E-state index contributed by atoms with van der Waals surface area (Å²) < 4.78 is 0. The van der Waals surface area contributed by atoms with Crippen molar-refractivity contribution in [3.63, 3.8) is 0 Å². The summed E-state index contributed by atoms with van der Waals surface area (Å²) in [6.07, 6.45) is 2.75. The zero-order chi connectivity index (χ0) is 17.4. The molecule has 7 heteroatoms. The Morgan fingerprint density at radius 3 is 2.13 bits per heavy atom. The zero-order valence-electron chi connectivity index (χ0n) is 12.9. The Balaban J connectivity index is 2.49. The van der Waals surface area contributed by atoms with Crippen molar-refractivity contribution >= 4 is 17.7 Å². The summed E-state index contributed by atoms with van der Waals surface area (Å²) >= 11 is 0. The lowest BCUT2D eigenvalue weighted by atomic mass is 9.86. The molecule has 0 saturated heterocycles. The van der Waals surface area contributed by atoms with Gasteiger partial charge in [0, 0.05) is 12.8 Å². The molecule has 1 saturated carbocycles. The SMILES string of the molecule is O=C(O)C/C=C\C[C@H]1[C@@H](CCC(=O)CCC(=O)O)[C@@H](O)C[C@H]1O. The molecule has 4 atom stereocenters. The van der Waals surface area contributed by atoms with E-state index in [1.54, 1.807) is 6.08 Å². The molecule has 1 rings (SSSR count). The average molecular weight is 328 g/mol. The van der Waals surface area contributed by atoms with Crippen LogP contribution in [0.1, 0.15) is 44.9 Å². The first-order valence-corrected chi connectivity index (χ1v) is 7.77. The first-order valence-electron chi connectivity index (χ1n) is 7.77. The summed E-state index contributed by atoms with van der Waals surface area (Å²) in [5.74, 6) is -2.58. The third-order valence-corrected chi connectivity index (χ3v) is 4.26. The maximum Gasteiger partial charge on any atom is 0.307 e. The number of hydrogen-bond donors (Lipinski definition) is 4. The normalized spacial score (nSPS) is 27.4. The lowest BCUT2D eigenvalue weighted by Gasteiger charge is -2.22. The number of ketones is 1. The molecule has 1 aliphatic rings. The van der Waals surface area contributed by atoms with Crippen LogP contribution >= 0.6 is 0 Å². The van der Waals surface area contributed by atoms with Crippen molar-refractivity contribution in [3.8, 4) is 0 Å². The molecule has 0 amide bonds. The van der Waals surface area contributed by atoms with Crippen LogP contribution in [0.2, 0.25) is 0 Å². The van der Waals surface area contributed by atoms with Gasteiger partial charge in [-0.25, -0.2) is 0 Å². The summed E-state index contributed by atoms with van der Waals surface area (Å²) in [7, 11) is 0. The van der Waals surface area contributed by atoms with E-state index in [2.05, 4.69) is 0 Å². The average Bonchev–Trinajstić information content (AvgIpc) is 2.72. The minimum atomic E-state index is -1.02. The van der Waals surface area contributed by atoms with Crippen molar-refractivity contribution in [2.24, 2.45) is 11.8 Å². The molecule has 0 bridgehead atoms. The van der Waals surface area contributed by atoms with Crippen molar-refractivity contribution in [1.82, 2.24) is 0 Å². The molecule has 0 aliphatic heterocycles. The fourth-order valence-corrected chi connectivity index (χ4v) is 3.04. The van der Waals surface area contributed by atoms with Crippen LogP contribution in [0.5, 0.6) is 0 Å². The van der Waals surface area contributed by atoms with E-state index >= 15 is 0 Å². The Hall–Kier alpha value is -1.73. The van der Waals surface area contributed by atoms with Crippen LogP contribution in [-0.4, -0.2) is 50.4 Å². The van der Waals surface area contributed by atoms with E-state index < -0.39 is 24.1 Å². The van der Waals surface area contributed by atoms with Gasteiger partial charge in [-0.1, -0.05) is 12.2 Å². The van der Waals surface area contributed by atoms with Gasteiger partial charge in [0.15, 0.2) is 0 Å². The smallest absolute Gasteiger partial charge is 0.307 e. The zero-order valence-corrected chi connectivity index (χ0v) is 12.9. The summed E-state index contributed by atoms with van der Waals surface area (Å²) in [6.45, 7) is 0. The number of aliphatic hydroxyl groups is 2. The van der Waals surface area contributed by atoms with Crippen LogP contribution in [0.3, 0.4) is 0 Å². The predicted molar refractivity (Wildman–Crippen MR) is 80.7 cm³/mol.